The number of benzene rings is 3. The lowest BCUT2D eigenvalue weighted by molar-refractivity contribution is -0.124. The maximum absolute atomic E-state index is 12.4. The van der Waals surface area contributed by atoms with E-state index in [9.17, 15) is 9.59 Å². The smallest absolute Gasteiger partial charge is 0.342 e. The van der Waals surface area contributed by atoms with Gasteiger partial charge in [-0.05, 0) is 29.8 Å². The van der Waals surface area contributed by atoms with E-state index in [1.54, 1.807) is 48.2 Å². The van der Waals surface area contributed by atoms with E-state index in [0.717, 1.165) is 11.5 Å². The van der Waals surface area contributed by atoms with Crippen molar-refractivity contribution in [1.82, 2.24) is 5.32 Å². The molecule has 0 saturated heterocycles. The van der Waals surface area contributed by atoms with Crippen LogP contribution >= 0.6 is 11.8 Å². The molecule has 0 aliphatic carbocycles. The summed E-state index contributed by atoms with van der Waals surface area (Å²) in [6.07, 6.45) is 0. The average Bonchev–Trinajstić information content (AvgIpc) is 2.79. The van der Waals surface area contributed by atoms with Gasteiger partial charge in [0.05, 0.1) is 0 Å². The average molecular weight is 422 g/mol. The van der Waals surface area contributed by atoms with Gasteiger partial charge in [-0.25, -0.2) is 4.79 Å². The topological polar surface area (TPSA) is 64.6 Å². The second kappa shape index (κ2) is 11.7. The molecule has 0 aliphatic rings. The number of hydrogen-bond donors (Lipinski definition) is 1. The van der Waals surface area contributed by atoms with Gasteiger partial charge in [0.1, 0.15) is 17.1 Å². The summed E-state index contributed by atoms with van der Waals surface area (Å²) in [4.78, 5) is 24.4. The van der Waals surface area contributed by atoms with Crippen molar-refractivity contribution < 1.29 is 19.1 Å². The van der Waals surface area contributed by atoms with E-state index >= 15 is 0 Å². The Morgan fingerprint density at radius 1 is 0.833 bits per heavy atom. The first kappa shape index (κ1) is 21.5. The highest BCUT2D eigenvalue weighted by atomic mass is 32.2. The van der Waals surface area contributed by atoms with Crippen LogP contribution in [0.3, 0.4) is 0 Å². The Morgan fingerprint density at radius 2 is 1.50 bits per heavy atom. The second-order valence-electron chi connectivity index (χ2n) is 6.38. The summed E-state index contributed by atoms with van der Waals surface area (Å²) in [5.74, 6) is 1.74. The Balaban J connectivity index is 1.40. The van der Waals surface area contributed by atoms with Crippen molar-refractivity contribution in [3.05, 3.63) is 96.1 Å². The highest BCUT2D eigenvalue weighted by molar-refractivity contribution is 7.98. The fraction of sp³-hybridized carbons (Fsp3) is 0.167. The first-order chi connectivity index (χ1) is 14.7. The van der Waals surface area contributed by atoms with Crippen LogP contribution in [0.25, 0.3) is 0 Å². The Hall–Kier alpha value is -3.25. The molecule has 0 heterocycles. The van der Waals surface area contributed by atoms with Crippen molar-refractivity contribution in [1.29, 1.82) is 0 Å². The minimum atomic E-state index is -0.602. The highest BCUT2D eigenvalue weighted by Gasteiger charge is 2.15. The van der Waals surface area contributed by atoms with Gasteiger partial charge in [-0.3, -0.25) is 4.79 Å². The quantitative estimate of drug-likeness (QED) is 0.380. The molecule has 0 atom stereocenters. The van der Waals surface area contributed by atoms with Crippen LogP contribution in [0.5, 0.6) is 11.5 Å². The Kier molecular flexibility index (Phi) is 8.35. The summed E-state index contributed by atoms with van der Waals surface area (Å²) in [6, 6.07) is 26.1. The van der Waals surface area contributed by atoms with Crippen molar-refractivity contribution in [2.75, 3.05) is 18.9 Å². The van der Waals surface area contributed by atoms with Gasteiger partial charge in [-0.2, -0.15) is 11.8 Å². The van der Waals surface area contributed by atoms with E-state index in [0.29, 0.717) is 18.0 Å². The molecule has 154 valence electrons. The maximum Gasteiger partial charge on any atom is 0.342 e. The molecule has 3 aromatic carbocycles. The number of esters is 1. The lowest BCUT2D eigenvalue weighted by Gasteiger charge is -2.11. The normalized spacial score (nSPS) is 10.3. The van der Waals surface area contributed by atoms with E-state index in [4.69, 9.17) is 9.47 Å². The van der Waals surface area contributed by atoms with E-state index in [1.165, 1.54) is 5.56 Å². The van der Waals surface area contributed by atoms with Crippen LogP contribution in [0, 0.1) is 0 Å². The number of hydrogen-bond acceptors (Lipinski definition) is 5. The number of thioether (sulfide) groups is 1. The molecule has 0 radical (unpaired) electrons. The van der Waals surface area contributed by atoms with Crippen LogP contribution in [-0.4, -0.2) is 30.8 Å². The number of carbonyl (C=O) groups is 2. The minimum Gasteiger partial charge on any atom is -0.456 e. The molecule has 0 bridgehead atoms. The van der Waals surface area contributed by atoms with Gasteiger partial charge in [-0.15, -0.1) is 0 Å². The van der Waals surface area contributed by atoms with Crippen LogP contribution < -0.4 is 10.1 Å². The van der Waals surface area contributed by atoms with Crippen LogP contribution in [-0.2, 0) is 15.3 Å². The van der Waals surface area contributed by atoms with Gasteiger partial charge in [-0.1, -0.05) is 60.7 Å². The third-order valence-corrected chi connectivity index (χ3v) is 5.12. The predicted octanol–water partition coefficient (Wildman–Crippen LogP) is 4.69. The summed E-state index contributed by atoms with van der Waals surface area (Å²) < 4.78 is 10.9. The van der Waals surface area contributed by atoms with Gasteiger partial charge in [0.15, 0.2) is 6.61 Å². The molecule has 6 heteroatoms. The zero-order chi connectivity index (χ0) is 21.0. The zero-order valence-electron chi connectivity index (χ0n) is 16.5. The molecule has 1 amide bonds. The first-order valence-electron chi connectivity index (χ1n) is 9.60. The minimum absolute atomic E-state index is 0.271. The molecule has 0 saturated carbocycles. The molecule has 5 nitrogen and oxygen atoms in total. The monoisotopic (exact) mass is 421 g/mol. The Bertz CT molecular complexity index is 948. The molecule has 0 aliphatic heterocycles. The summed E-state index contributed by atoms with van der Waals surface area (Å²) >= 11 is 1.73. The van der Waals surface area contributed by atoms with Gasteiger partial charge < -0.3 is 14.8 Å². The third-order valence-electron chi connectivity index (χ3n) is 4.09. The largest absolute Gasteiger partial charge is 0.456 e. The third kappa shape index (κ3) is 6.97. The Labute approximate surface area is 180 Å². The number of nitrogens with one attached hydrogen (secondary N) is 1. The van der Waals surface area contributed by atoms with Gasteiger partial charge in [0, 0.05) is 18.1 Å². The van der Waals surface area contributed by atoms with Crippen molar-refractivity contribution in [2.45, 2.75) is 5.75 Å². The predicted molar refractivity (Wildman–Crippen MR) is 119 cm³/mol. The molecule has 0 fully saturated rings. The second-order valence-corrected chi connectivity index (χ2v) is 7.48. The molecular weight excluding hydrogens is 398 g/mol. The van der Waals surface area contributed by atoms with Crippen molar-refractivity contribution in [3.8, 4) is 11.5 Å². The molecule has 3 rings (SSSR count). The van der Waals surface area contributed by atoms with Crippen LogP contribution in [0.4, 0.5) is 0 Å². The van der Waals surface area contributed by atoms with Crippen LogP contribution in [0.1, 0.15) is 15.9 Å². The number of amides is 1. The number of ether oxygens (including phenoxy) is 2. The van der Waals surface area contributed by atoms with E-state index in [1.807, 2.05) is 36.4 Å². The SMILES string of the molecule is O=C(COC(=O)c1ccccc1Oc1ccccc1)NCCSCc1ccccc1. The fourth-order valence-corrected chi connectivity index (χ4v) is 3.45. The molecule has 30 heavy (non-hydrogen) atoms. The number of para-hydroxylation sites is 2. The summed E-state index contributed by atoms with van der Waals surface area (Å²) in [5, 5.41) is 2.76. The van der Waals surface area contributed by atoms with Gasteiger partial charge >= 0.3 is 5.97 Å². The molecule has 0 spiro atoms. The zero-order valence-corrected chi connectivity index (χ0v) is 17.3. The van der Waals surface area contributed by atoms with Crippen LogP contribution in [0.2, 0.25) is 0 Å². The highest BCUT2D eigenvalue weighted by Crippen LogP contribution is 2.25. The summed E-state index contributed by atoms with van der Waals surface area (Å²) in [5.41, 5.74) is 1.52. The first-order valence-corrected chi connectivity index (χ1v) is 10.8. The molecule has 1 N–H and O–H groups in total. The van der Waals surface area contributed by atoms with Gasteiger partial charge in [0.2, 0.25) is 0 Å². The summed E-state index contributed by atoms with van der Waals surface area (Å²) in [6.45, 7) is 0.184. The Morgan fingerprint density at radius 3 is 2.27 bits per heavy atom. The lowest BCUT2D eigenvalue weighted by atomic mass is 10.2. The van der Waals surface area contributed by atoms with Crippen molar-refractivity contribution >= 4 is 23.6 Å². The fourth-order valence-electron chi connectivity index (χ4n) is 2.63. The number of rotatable bonds is 10. The lowest BCUT2D eigenvalue weighted by Crippen LogP contribution is -2.30. The molecule has 0 aromatic heterocycles. The van der Waals surface area contributed by atoms with Gasteiger partial charge in [0.25, 0.3) is 5.91 Å². The van der Waals surface area contributed by atoms with E-state index in [-0.39, 0.29) is 18.1 Å². The molecule has 3 aromatic rings. The van der Waals surface area contributed by atoms with Crippen LogP contribution in [0.15, 0.2) is 84.9 Å². The van der Waals surface area contributed by atoms with Crippen molar-refractivity contribution in [2.24, 2.45) is 0 Å². The van der Waals surface area contributed by atoms with Crippen molar-refractivity contribution in [3.63, 3.8) is 0 Å². The standard InChI is InChI=1S/C24H23NO4S/c26-23(25-15-16-30-18-19-9-3-1-4-10-19)17-28-24(27)21-13-7-8-14-22(21)29-20-11-5-2-6-12-20/h1-14H,15-18H2,(H,25,26). The number of carbonyl (C=O) groups excluding carboxylic acids is 2. The maximum atomic E-state index is 12.4. The molecule has 0 unspecified atom stereocenters. The summed E-state index contributed by atoms with van der Waals surface area (Å²) in [7, 11) is 0. The van der Waals surface area contributed by atoms with E-state index < -0.39 is 5.97 Å². The van der Waals surface area contributed by atoms with E-state index in [2.05, 4.69) is 17.4 Å². The molecular formula is C24H23NO4S.